The molecule has 1 aromatic rings. The van der Waals surface area contributed by atoms with Crippen LogP contribution in [0.1, 0.15) is 19.4 Å². The van der Waals surface area contributed by atoms with Gasteiger partial charge in [-0.25, -0.2) is 0 Å². The first kappa shape index (κ1) is 13.8. The van der Waals surface area contributed by atoms with Gasteiger partial charge in [-0.15, -0.1) is 0 Å². The number of carbonyl (C=O) groups is 1. The number of hydrogen-bond acceptors (Lipinski definition) is 3. The van der Waals surface area contributed by atoms with E-state index in [9.17, 15) is 4.79 Å². The highest BCUT2D eigenvalue weighted by molar-refractivity contribution is 6.30. The first-order valence-electron chi connectivity index (χ1n) is 5.42. The van der Waals surface area contributed by atoms with Crippen LogP contribution in [0.25, 0.3) is 0 Å². The number of primary amides is 1. The van der Waals surface area contributed by atoms with Crippen molar-refractivity contribution in [2.75, 3.05) is 6.61 Å². The fourth-order valence-electron chi connectivity index (χ4n) is 1.29. The fourth-order valence-corrected chi connectivity index (χ4v) is 1.48. The van der Waals surface area contributed by atoms with Crippen LogP contribution in [0.5, 0.6) is 5.75 Å². The molecule has 1 amide bonds. The normalized spacial score (nSPS) is 10.6. The molecule has 1 aromatic carbocycles. The van der Waals surface area contributed by atoms with Crippen LogP contribution in [0.15, 0.2) is 18.2 Å². The summed E-state index contributed by atoms with van der Waals surface area (Å²) >= 11 is 5.92. The SMILES string of the molecule is CC(C)NCc1cc(Cl)ccc1OCC(N)=O. The molecular formula is C12H17ClN2O2. The number of rotatable bonds is 6. The predicted octanol–water partition coefficient (Wildman–Crippen LogP) is 1.70. The molecule has 94 valence electrons. The number of amides is 1. The Balaban J connectivity index is 2.76. The standard InChI is InChI=1S/C12H17ClN2O2/c1-8(2)15-6-9-5-10(13)3-4-11(9)17-7-12(14)16/h3-5,8,15H,6-7H2,1-2H3,(H2,14,16). The van der Waals surface area contributed by atoms with Gasteiger partial charge in [0.2, 0.25) is 0 Å². The van der Waals surface area contributed by atoms with E-state index < -0.39 is 5.91 Å². The van der Waals surface area contributed by atoms with Gasteiger partial charge in [0.15, 0.2) is 6.61 Å². The van der Waals surface area contributed by atoms with Gasteiger partial charge in [0.05, 0.1) is 0 Å². The second kappa shape index (κ2) is 6.47. The number of halogens is 1. The van der Waals surface area contributed by atoms with Gasteiger partial charge in [-0.05, 0) is 18.2 Å². The summed E-state index contributed by atoms with van der Waals surface area (Å²) in [6.07, 6.45) is 0. The van der Waals surface area contributed by atoms with Crippen LogP contribution in [0, 0.1) is 0 Å². The number of hydrogen-bond donors (Lipinski definition) is 2. The Labute approximate surface area is 106 Å². The van der Waals surface area contributed by atoms with Gasteiger partial charge in [0, 0.05) is 23.2 Å². The summed E-state index contributed by atoms with van der Waals surface area (Å²) in [4.78, 5) is 10.7. The first-order chi connectivity index (χ1) is 7.99. The van der Waals surface area contributed by atoms with Crippen molar-refractivity contribution in [2.45, 2.75) is 26.4 Å². The molecule has 0 heterocycles. The minimum absolute atomic E-state index is 0.129. The predicted molar refractivity (Wildman–Crippen MR) is 68.1 cm³/mol. The summed E-state index contributed by atoms with van der Waals surface area (Å²) in [5.74, 6) is 0.129. The van der Waals surface area contributed by atoms with E-state index in [1.54, 1.807) is 12.1 Å². The number of benzene rings is 1. The second-order valence-electron chi connectivity index (χ2n) is 4.04. The van der Waals surface area contributed by atoms with E-state index in [1.807, 2.05) is 6.07 Å². The van der Waals surface area contributed by atoms with E-state index >= 15 is 0 Å². The van der Waals surface area contributed by atoms with Gasteiger partial charge in [0.1, 0.15) is 5.75 Å². The Morgan fingerprint density at radius 1 is 1.53 bits per heavy atom. The number of ether oxygens (including phenoxy) is 1. The topological polar surface area (TPSA) is 64.3 Å². The van der Waals surface area contributed by atoms with Gasteiger partial charge >= 0.3 is 0 Å². The van der Waals surface area contributed by atoms with Crippen LogP contribution in [0.4, 0.5) is 0 Å². The lowest BCUT2D eigenvalue weighted by atomic mass is 10.2. The Bertz CT molecular complexity index is 394. The molecule has 0 saturated heterocycles. The molecule has 5 heteroatoms. The van der Waals surface area contributed by atoms with Crippen molar-refractivity contribution >= 4 is 17.5 Å². The Morgan fingerprint density at radius 3 is 2.82 bits per heavy atom. The molecule has 0 aliphatic heterocycles. The number of nitrogens with two attached hydrogens (primary N) is 1. The van der Waals surface area contributed by atoms with Crippen molar-refractivity contribution in [2.24, 2.45) is 5.73 Å². The molecule has 0 fully saturated rings. The average molecular weight is 257 g/mol. The maximum atomic E-state index is 10.7. The van der Waals surface area contributed by atoms with Crippen LogP contribution in [-0.2, 0) is 11.3 Å². The fraction of sp³-hybridized carbons (Fsp3) is 0.417. The van der Waals surface area contributed by atoms with Crippen molar-refractivity contribution in [3.63, 3.8) is 0 Å². The zero-order chi connectivity index (χ0) is 12.8. The van der Waals surface area contributed by atoms with Crippen LogP contribution in [0.2, 0.25) is 5.02 Å². The number of nitrogens with one attached hydrogen (secondary N) is 1. The zero-order valence-electron chi connectivity index (χ0n) is 10.00. The third kappa shape index (κ3) is 5.06. The summed E-state index contributed by atoms with van der Waals surface area (Å²) in [5.41, 5.74) is 5.95. The Hall–Kier alpha value is -1.26. The van der Waals surface area contributed by atoms with E-state index in [2.05, 4.69) is 19.2 Å². The van der Waals surface area contributed by atoms with E-state index in [0.717, 1.165) is 5.56 Å². The molecule has 0 bridgehead atoms. The van der Waals surface area contributed by atoms with Crippen molar-refractivity contribution < 1.29 is 9.53 Å². The molecule has 0 aliphatic carbocycles. The van der Waals surface area contributed by atoms with Gasteiger partial charge in [-0.2, -0.15) is 0 Å². The lowest BCUT2D eigenvalue weighted by molar-refractivity contribution is -0.119. The monoisotopic (exact) mass is 256 g/mol. The molecule has 0 saturated carbocycles. The molecule has 0 unspecified atom stereocenters. The smallest absolute Gasteiger partial charge is 0.255 e. The molecule has 17 heavy (non-hydrogen) atoms. The lowest BCUT2D eigenvalue weighted by Gasteiger charge is -2.13. The van der Waals surface area contributed by atoms with Crippen molar-refractivity contribution in [3.8, 4) is 5.75 Å². The maximum Gasteiger partial charge on any atom is 0.255 e. The van der Waals surface area contributed by atoms with Crippen LogP contribution < -0.4 is 15.8 Å². The largest absolute Gasteiger partial charge is 0.483 e. The summed E-state index contributed by atoms with van der Waals surface area (Å²) < 4.78 is 5.31. The average Bonchev–Trinajstić information content (AvgIpc) is 2.24. The third-order valence-corrected chi connectivity index (χ3v) is 2.33. The number of carbonyl (C=O) groups excluding carboxylic acids is 1. The van der Waals surface area contributed by atoms with Crippen molar-refractivity contribution in [3.05, 3.63) is 28.8 Å². The zero-order valence-corrected chi connectivity index (χ0v) is 10.8. The first-order valence-corrected chi connectivity index (χ1v) is 5.79. The Morgan fingerprint density at radius 2 is 2.24 bits per heavy atom. The molecule has 4 nitrogen and oxygen atoms in total. The van der Waals surface area contributed by atoms with Gasteiger partial charge in [-0.3, -0.25) is 4.79 Å². The molecule has 0 radical (unpaired) electrons. The Kier molecular flexibility index (Phi) is 5.25. The van der Waals surface area contributed by atoms with E-state index in [1.165, 1.54) is 0 Å². The highest BCUT2D eigenvalue weighted by Gasteiger charge is 2.06. The van der Waals surface area contributed by atoms with Gasteiger partial charge < -0.3 is 15.8 Å². The quantitative estimate of drug-likeness (QED) is 0.814. The van der Waals surface area contributed by atoms with Crippen molar-refractivity contribution in [1.29, 1.82) is 0 Å². The second-order valence-corrected chi connectivity index (χ2v) is 4.48. The molecule has 0 aromatic heterocycles. The van der Waals surface area contributed by atoms with Gasteiger partial charge in [0.25, 0.3) is 5.91 Å². The summed E-state index contributed by atoms with van der Waals surface area (Å²) in [6, 6.07) is 5.63. The lowest BCUT2D eigenvalue weighted by Crippen LogP contribution is -2.23. The summed E-state index contributed by atoms with van der Waals surface area (Å²) in [6.45, 7) is 4.60. The van der Waals surface area contributed by atoms with Crippen molar-refractivity contribution in [1.82, 2.24) is 5.32 Å². The van der Waals surface area contributed by atoms with Gasteiger partial charge in [-0.1, -0.05) is 25.4 Å². The molecule has 1 rings (SSSR count). The highest BCUT2D eigenvalue weighted by Crippen LogP contribution is 2.22. The summed E-state index contributed by atoms with van der Waals surface area (Å²) in [7, 11) is 0. The van der Waals surface area contributed by atoms with Crippen LogP contribution >= 0.6 is 11.6 Å². The molecule has 0 spiro atoms. The minimum atomic E-state index is -0.497. The molecule has 3 N–H and O–H groups in total. The summed E-state index contributed by atoms with van der Waals surface area (Å²) in [5, 5.41) is 3.90. The molecule has 0 aliphatic rings. The van der Waals surface area contributed by atoms with E-state index in [4.69, 9.17) is 22.1 Å². The van der Waals surface area contributed by atoms with E-state index in [-0.39, 0.29) is 6.61 Å². The van der Waals surface area contributed by atoms with Crippen LogP contribution in [-0.4, -0.2) is 18.6 Å². The minimum Gasteiger partial charge on any atom is -0.483 e. The molecular weight excluding hydrogens is 240 g/mol. The van der Waals surface area contributed by atoms with Crippen LogP contribution in [0.3, 0.4) is 0 Å². The molecule has 0 atom stereocenters. The highest BCUT2D eigenvalue weighted by atomic mass is 35.5. The van der Waals surface area contributed by atoms with E-state index in [0.29, 0.717) is 23.4 Å². The third-order valence-electron chi connectivity index (χ3n) is 2.09. The maximum absolute atomic E-state index is 10.7.